The fraction of sp³-hybridized carbons (Fsp3) is 0.176. The molecule has 112 valence electrons. The number of aryl methyl sites for hydroxylation is 1. The lowest BCUT2D eigenvalue weighted by Gasteiger charge is -2.04. The summed E-state index contributed by atoms with van der Waals surface area (Å²) in [4.78, 5) is 13.0. The van der Waals surface area contributed by atoms with E-state index in [9.17, 15) is 4.79 Å². The van der Waals surface area contributed by atoms with E-state index in [1.165, 1.54) is 5.56 Å². The minimum Gasteiger partial charge on any atom is -0.355 e. The summed E-state index contributed by atoms with van der Waals surface area (Å²) in [7, 11) is 0. The van der Waals surface area contributed by atoms with Crippen molar-refractivity contribution in [1.29, 1.82) is 0 Å². The maximum Gasteiger partial charge on any atom is 0.226 e. The Labute approximate surface area is 132 Å². The first-order valence-corrected chi connectivity index (χ1v) is 7.90. The molecule has 1 amide bonds. The maximum absolute atomic E-state index is 12.0. The van der Waals surface area contributed by atoms with E-state index in [0.717, 1.165) is 10.4 Å². The first kappa shape index (κ1) is 14.5. The summed E-state index contributed by atoms with van der Waals surface area (Å²) in [6.07, 6.45) is 0.223. The SMILES string of the molecule is Cc1ccc(CNC(=O)Cc2cc(-c3cccs3)on2)cc1. The minimum atomic E-state index is -0.0633. The van der Waals surface area contributed by atoms with Gasteiger partial charge in [-0.3, -0.25) is 4.79 Å². The molecule has 4 nitrogen and oxygen atoms in total. The molecule has 5 heteroatoms. The highest BCUT2D eigenvalue weighted by molar-refractivity contribution is 7.13. The Morgan fingerprint density at radius 3 is 2.82 bits per heavy atom. The zero-order chi connectivity index (χ0) is 15.4. The van der Waals surface area contributed by atoms with Gasteiger partial charge in [-0.1, -0.05) is 41.1 Å². The van der Waals surface area contributed by atoms with Crippen molar-refractivity contribution < 1.29 is 9.32 Å². The average Bonchev–Trinajstić information content (AvgIpc) is 3.17. The van der Waals surface area contributed by atoms with Crippen LogP contribution in [0.25, 0.3) is 10.6 Å². The van der Waals surface area contributed by atoms with Crippen LogP contribution in [0.2, 0.25) is 0 Å². The number of carbonyl (C=O) groups is 1. The fourth-order valence-corrected chi connectivity index (χ4v) is 2.74. The second-order valence-electron chi connectivity index (χ2n) is 5.10. The van der Waals surface area contributed by atoms with Gasteiger partial charge in [0.1, 0.15) is 0 Å². The molecule has 0 bridgehead atoms. The summed E-state index contributed by atoms with van der Waals surface area (Å²) < 4.78 is 5.27. The van der Waals surface area contributed by atoms with Crippen molar-refractivity contribution >= 4 is 17.2 Å². The van der Waals surface area contributed by atoms with Crippen LogP contribution in [0, 0.1) is 6.92 Å². The molecule has 2 heterocycles. The van der Waals surface area contributed by atoms with Crippen LogP contribution >= 0.6 is 11.3 Å². The van der Waals surface area contributed by atoms with E-state index in [1.807, 2.05) is 54.8 Å². The van der Waals surface area contributed by atoms with Crippen molar-refractivity contribution in [3.05, 3.63) is 64.7 Å². The Kier molecular flexibility index (Phi) is 4.34. The highest BCUT2D eigenvalue weighted by Crippen LogP contribution is 2.25. The topological polar surface area (TPSA) is 55.1 Å². The van der Waals surface area contributed by atoms with Gasteiger partial charge in [-0.05, 0) is 23.9 Å². The lowest BCUT2D eigenvalue weighted by molar-refractivity contribution is -0.120. The van der Waals surface area contributed by atoms with Crippen molar-refractivity contribution in [3.8, 4) is 10.6 Å². The summed E-state index contributed by atoms with van der Waals surface area (Å²) in [5.41, 5.74) is 2.93. The third kappa shape index (κ3) is 3.62. The Hall–Kier alpha value is -2.40. The molecule has 0 saturated carbocycles. The molecule has 2 aromatic heterocycles. The lowest BCUT2D eigenvalue weighted by Crippen LogP contribution is -2.24. The van der Waals surface area contributed by atoms with E-state index < -0.39 is 0 Å². The van der Waals surface area contributed by atoms with Crippen LogP contribution in [0.4, 0.5) is 0 Å². The quantitative estimate of drug-likeness (QED) is 0.783. The zero-order valence-electron chi connectivity index (χ0n) is 12.2. The first-order chi connectivity index (χ1) is 10.7. The number of nitrogens with one attached hydrogen (secondary N) is 1. The Balaban J connectivity index is 1.54. The van der Waals surface area contributed by atoms with Crippen molar-refractivity contribution in [2.24, 2.45) is 0 Å². The monoisotopic (exact) mass is 312 g/mol. The van der Waals surface area contributed by atoms with Gasteiger partial charge in [0.25, 0.3) is 0 Å². The summed E-state index contributed by atoms with van der Waals surface area (Å²) in [5.74, 6) is 0.642. The fourth-order valence-electron chi connectivity index (χ4n) is 2.06. The van der Waals surface area contributed by atoms with E-state index in [1.54, 1.807) is 11.3 Å². The molecular formula is C17H16N2O2S. The summed E-state index contributed by atoms with van der Waals surface area (Å²) >= 11 is 1.58. The van der Waals surface area contributed by atoms with E-state index in [4.69, 9.17) is 4.52 Å². The molecule has 0 saturated heterocycles. The first-order valence-electron chi connectivity index (χ1n) is 7.02. The number of nitrogens with zero attached hydrogens (tertiary/aromatic N) is 1. The number of thiophene rings is 1. The molecule has 0 unspecified atom stereocenters. The molecule has 0 aliphatic rings. The minimum absolute atomic E-state index is 0.0633. The molecule has 0 aliphatic heterocycles. The van der Waals surface area contributed by atoms with Crippen LogP contribution in [0.5, 0.6) is 0 Å². The van der Waals surface area contributed by atoms with E-state index >= 15 is 0 Å². The van der Waals surface area contributed by atoms with Crippen LogP contribution < -0.4 is 5.32 Å². The van der Waals surface area contributed by atoms with Gasteiger partial charge in [-0.2, -0.15) is 0 Å². The van der Waals surface area contributed by atoms with Crippen LogP contribution in [-0.4, -0.2) is 11.1 Å². The van der Waals surface area contributed by atoms with Gasteiger partial charge >= 0.3 is 0 Å². The van der Waals surface area contributed by atoms with Crippen LogP contribution in [0.3, 0.4) is 0 Å². The molecule has 22 heavy (non-hydrogen) atoms. The third-order valence-electron chi connectivity index (χ3n) is 3.27. The maximum atomic E-state index is 12.0. The van der Waals surface area contributed by atoms with E-state index in [-0.39, 0.29) is 12.3 Å². The van der Waals surface area contributed by atoms with Gasteiger partial charge in [-0.15, -0.1) is 11.3 Å². The molecule has 3 rings (SSSR count). The molecular weight excluding hydrogens is 296 g/mol. The number of amides is 1. The zero-order valence-corrected chi connectivity index (χ0v) is 13.0. The third-order valence-corrected chi connectivity index (χ3v) is 4.16. The summed E-state index contributed by atoms with van der Waals surface area (Å²) in [6, 6.07) is 13.8. The molecule has 0 atom stereocenters. The second-order valence-corrected chi connectivity index (χ2v) is 6.05. The van der Waals surface area contributed by atoms with Gasteiger partial charge in [0.05, 0.1) is 17.0 Å². The summed E-state index contributed by atoms with van der Waals surface area (Å²) in [6.45, 7) is 2.56. The van der Waals surface area contributed by atoms with Crippen molar-refractivity contribution in [1.82, 2.24) is 10.5 Å². The number of hydrogen-bond donors (Lipinski definition) is 1. The molecule has 0 radical (unpaired) electrons. The van der Waals surface area contributed by atoms with Crippen molar-refractivity contribution in [2.75, 3.05) is 0 Å². The van der Waals surface area contributed by atoms with Crippen LogP contribution in [0.1, 0.15) is 16.8 Å². The van der Waals surface area contributed by atoms with Crippen LogP contribution in [-0.2, 0) is 17.8 Å². The Morgan fingerprint density at radius 1 is 1.27 bits per heavy atom. The highest BCUT2D eigenvalue weighted by Gasteiger charge is 2.11. The largest absolute Gasteiger partial charge is 0.355 e. The van der Waals surface area contributed by atoms with Gasteiger partial charge in [0, 0.05) is 12.6 Å². The number of carbonyl (C=O) groups excluding carboxylic acids is 1. The highest BCUT2D eigenvalue weighted by atomic mass is 32.1. The van der Waals surface area contributed by atoms with Crippen molar-refractivity contribution in [2.45, 2.75) is 19.9 Å². The normalized spacial score (nSPS) is 10.6. The number of rotatable bonds is 5. The second kappa shape index (κ2) is 6.58. The van der Waals surface area contributed by atoms with Gasteiger partial charge in [-0.25, -0.2) is 0 Å². The predicted octanol–water partition coefficient (Wildman–Crippen LogP) is 3.57. The van der Waals surface area contributed by atoms with E-state index in [0.29, 0.717) is 18.0 Å². The molecule has 1 N–H and O–H groups in total. The van der Waals surface area contributed by atoms with Gasteiger partial charge < -0.3 is 9.84 Å². The van der Waals surface area contributed by atoms with Crippen molar-refractivity contribution in [3.63, 3.8) is 0 Å². The molecule has 0 aliphatic carbocycles. The molecule has 0 spiro atoms. The van der Waals surface area contributed by atoms with E-state index in [2.05, 4.69) is 10.5 Å². The number of benzene rings is 1. The number of hydrogen-bond acceptors (Lipinski definition) is 4. The molecule has 0 fully saturated rings. The smallest absolute Gasteiger partial charge is 0.226 e. The van der Waals surface area contributed by atoms with Gasteiger partial charge in [0.2, 0.25) is 5.91 Å². The number of aromatic nitrogens is 1. The molecule has 3 aromatic rings. The van der Waals surface area contributed by atoms with Crippen LogP contribution in [0.15, 0.2) is 52.4 Å². The van der Waals surface area contributed by atoms with Gasteiger partial charge in [0.15, 0.2) is 5.76 Å². The standard InChI is InChI=1S/C17H16N2O2S/c1-12-4-6-13(7-5-12)11-18-17(20)10-14-9-15(21-19-14)16-3-2-8-22-16/h2-9H,10-11H2,1H3,(H,18,20). The lowest BCUT2D eigenvalue weighted by atomic mass is 10.1. The Morgan fingerprint density at radius 2 is 2.09 bits per heavy atom. The molecule has 1 aromatic carbocycles. The Bertz CT molecular complexity index is 745. The predicted molar refractivity (Wildman–Crippen MR) is 86.5 cm³/mol. The summed E-state index contributed by atoms with van der Waals surface area (Å²) in [5, 5.41) is 8.82. The average molecular weight is 312 g/mol.